The lowest BCUT2D eigenvalue weighted by Gasteiger charge is -2.33. The molecule has 1 aromatic rings. The second kappa shape index (κ2) is 7.04. The molecule has 1 saturated heterocycles. The van der Waals surface area contributed by atoms with E-state index in [9.17, 15) is 4.79 Å². The van der Waals surface area contributed by atoms with Crippen LogP contribution < -0.4 is 10.2 Å². The van der Waals surface area contributed by atoms with E-state index in [0.717, 1.165) is 31.9 Å². The number of carbonyl (C=O) groups excluding carboxylic acids is 1. The number of aromatic nitrogens is 2. The van der Waals surface area contributed by atoms with Crippen molar-refractivity contribution in [1.29, 1.82) is 0 Å². The molecule has 2 rings (SSSR count). The van der Waals surface area contributed by atoms with Crippen molar-refractivity contribution in [2.45, 2.75) is 31.7 Å². The van der Waals surface area contributed by atoms with Crippen molar-refractivity contribution < 1.29 is 9.90 Å². The molecule has 1 aliphatic heterocycles. The highest BCUT2D eigenvalue weighted by atomic mass is 16.3. The van der Waals surface area contributed by atoms with Crippen LogP contribution in [-0.2, 0) is 4.79 Å². The van der Waals surface area contributed by atoms with Crippen LogP contribution in [0.3, 0.4) is 0 Å². The summed E-state index contributed by atoms with van der Waals surface area (Å²) in [4.78, 5) is 22.2. The maximum absolute atomic E-state index is 11.6. The predicted octanol–water partition coefficient (Wildman–Crippen LogP) is 0.334. The molecule has 0 spiro atoms. The Balaban J connectivity index is 1.85. The number of carbonyl (C=O) groups is 1. The third kappa shape index (κ3) is 4.17. The topological polar surface area (TPSA) is 78.4 Å². The van der Waals surface area contributed by atoms with Crippen LogP contribution in [0.25, 0.3) is 0 Å². The van der Waals surface area contributed by atoms with Crippen LogP contribution in [0.1, 0.15) is 25.7 Å². The number of aliphatic hydroxyl groups excluding tert-OH is 1. The lowest BCUT2D eigenvalue weighted by Crippen LogP contribution is -2.48. The molecular formula is C13H20N4O2. The van der Waals surface area contributed by atoms with Gasteiger partial charge in [0.2, 0.25) is 11.9 Å². The average molecular weight is 264 g/mol. The summed E-state index contributed by atoms with van der Waals surface area (Å²) in [5.74, 6) is 0.728. The normalized spacial score (nSPS) is 19.2. The van der Waals surface area contributed by atoms with Crippen LogP contribution in [-0.4, -0.2) is 46.7 Å². The maximum Gasteiger partial charge on any atom is 0.225 e. The summed E-state index contributed by atoms with van der Waals surface area (Å²) < 4.78 is 0. The lowest BCUT2D eigenvalue weighted by atomic mass is 10.1. The Bertz CT molecular complexity index is 399. The Labute approximate surface area is 112 Å². The van der Waals surface area contributed by atoms with E-state index in [1.54, 1.807) is 18.5 Å². The number of rotatable bonds is 5. The Morgan fingerprint density at radius 2 is 2.26 bits per heavy atom. The van der Waals surface area contributed by atoms with Gasteiger partial charge in [-0.25, -0.2) is 9.97 Å². The standard InChI is InChI=1S/C13H20N4O2/c18-9-2-5-12(19)16-11-4-1-8-17(10-11)13-14-6-3-7-15-13/h3,6-7,11,18H,1-2,4-5,8-10H2,(H,16,19). The van der Waals surface area contributed by atoms with Crippen LogP contribution in [0.2, 0.25) is 0 Å². The first kappa shape index (κ1) is 13.7. The minimum atomic E-state index is 0.00915. The van der Waals surface area contributed by atoms with E-state index in [-0.39, 0.29) is 18.6 Å². The van der Waals surface area contributed by atoms with Crippen molar-refractivity contribution in [3.63, 3.8) is 0 Å². The molecule has 104 valence electrons. The van der Waals surface area contributed by atoms with E-state index < -0.39 is 0 Å². The molecule has 1 unspecified atom stereocenters. The zero-order chi connectivity index (χ0) is 13.5. The highest BCUT2D eigenvalue weighted by Gasteiger charge is 2.22. The molecule has 1 fully saturated rings. The number of nitrogens with zero attached hydrogens (tertiary/aromatic N) is 3. The van der Waals surface area contributed by atoms with Gasteiger partial charge < -0.3 is 15.3 Å². The molecule has 6 nitrogen and oxygen atoms in total. The number of amides is 1. The van der Waals surface area contributed by atoms with Crippen LogP contribution in [0, 0.1) is 0 Å². The van der Waals surface area contributed by atoms with Crippen LogP contribution in [0.4, 0.5) is 5.95 Å². The largest absolute Gasteiger partial charge is 0.396 e. The SMILES string of the molecule is O=C(CCCO)NC1CCCN(c2ncccn2)C1. The van der Waals surface area contributed by atoms with Gasteiger partial charge >= 0.3 is 0 Å². The van der Waals surface area contributed by atoms with Gasteiger partial charge in [-0.1, -0.05) is 0 Å². The number of piperidine rings is 1. The lowest BCUT2D eigenvalue weighted by molar-refractivity contribution is -0.122. The molecule has 19 heavy (non-hydrogen) atoms. The molecular weight excluding hydrogens is 244 g/mol. The molecule has 1 aromatic heterocycles. The maximum atomic E-state index is 11.6. The third-order valence-corrected chi connectivity index (χ3v) is 3.18. The first-order valence-electron chi connectivity index (χ1n) is 6.72. The van der Waals surface area contributed by atoms with Crippen molar-refractivity contribution in [1.82, 2.24) is 15.3 Å². The minimum absolute atomic E-state index is 0.00915. The van der Waals surface area contributed by atoms with E-state index in [4.69, 9.17) is 5.11 Å². The van der Waals surface area contributed by atoms with Gasteiger partial charge in [-0.3, -0.25) is 4.79 Å². The summed E-state index contributed by atoms with van der Waals surface area (Å²) in [7, 11) is 0. The molecule has 2 N–H and O–H groups in total. The van der Waals surface area contributed by atoms with Crippen molar-refractivity contribution >= 4 is 11.9 Å². The van der Waals surface area contributed by atoms with Gasteiger partial charge in [-0.15, -0.1) is 0 Å². The third-order valence-electron chi connectivity index (χ3n) is 3.18. The fourth-order valence-electron chi connectivity index (χ4n) is 2.27. The molecule has 1 aliphatic rings. The zero-order valence-electron chi connectivity index (χ0n) is 11.0. The number of hydrogen-bond acceptors (Lipinski definition) is 5. The van der Waals surface area contributed by atoms with Gasteiger partial charge in [0.1, 0.15) is 0 Å². The Hall–Kier alpha value is -1.69. The smallest absolute Gasteiger partial charge is 0.225 e. The fourth-order valence-corrected chi connectivity index (χ4v) is 2.27. The first-order valence-corrected chi connectivity index (χ1v) is 6.72. The number of hydrogen-bond donors (Lipinski definition) is 2. The van der Waals surface area contributed by atoms with Gasteiger partial charge in [0.25, 0.3) is 0 Å². The average Bonchev–Trinajstić information content (AvgIpc) is 2.46. The second-order valence-electron chi connectivity index (χ2n) is 4.73. The fraction of sp³-hybridized carbons (Fsp3) is 0.615. The summed E-state index contributed by atoms with van der Waals surface area (Å²) >= 11 is 0. The molecule has 6 heteroatoms. The summed E-state index contributed by atoms with van der Waals surface area (Å²) in [6.07, 6.45) is 6.36. The van der Waals surface area contributed by atoms with Crippen molar-refractivity contribution in [3.05, 3.63) is 18.5 Å². The van der Waals surface area contributed by atoms with Crippen LogP contribution >= 0.6 is 0 Å². The van der Waals surface area contributed by atoms with Gasteiger partial charge in [-0.2, -0.15) is 0 Å². The van der Waals surface area contributed by atoms with E-state index in [1.165, 1.54) is 0 Å². The molecule has 0 aliphatic carbocycles. The van der Waals surface area contributed by atoms with E-state index in [1.807, 2.05) is 0 Å². The van der Waals surface area contributed by atoms with Gasteiger partial charge in [0, 0.05) is 44.6 Å². The van der Waals surface area contributed by atoms with Gasteiger partial charge in [0.15, 0.2) is 0 Å². The van der Waals surface area contributed by atoms with Crippen LogP contribution in [0.15, 0.2) is 18.5 Å². The van der Waals surface area contributed by atoms with Gasteiger partial charge in [-0.05, 0) is 25.3 Å². The molecule has 1 amide bonds. The highest BCUT2D eigenvalue weighted by Crippen LogP contribution is 2.15. The predicted molar refractivity (Wildman–Crippen MR) is 71.7 cm³/mol. The Morgan fingerprint density at radius 1 is 1.47 bits per heavy atom. The monoisotopic (exact) mass is 264 g/mol. The van der Waals surface area contributed by atoms with E-state index in [0.29, 0.717) is 12.8 Å². The van der Waals surface area contributed by atoms with Crippen molar-refractivity contribution in [2.75, 3.05) is 24.6 Å². The summed E-state index contributed by atoms with van der Waals surface area (Å²) in [5, 5.41) is 11.7. The van der Waals surface area contributed by atoms with Gasteiger partial charge in [0.05, 0.1) is 0 Å². The molecule has 1 atom stereocenters. The minimum Gasteiger partial charge on any atom is -0.396 e. The summed E-state index contributed by atoms with van der Waals surface area (Å²) in [5.41, 5.74) is 0. The van der Waals surface area contributed by atoms with E-state index in [2.05, 4.69) is 20.2 Å². The molecule has 0 bridgehead atoms. The van der Waals surface area contributed by atoms with Crippen molar-refractivity contribution in [3.8, 4) is 0 Å². The highest BCUT2D eigenvalue weighted by molar-refractivity contribution is 5.76. The first-order chi connectivity index (χ1) is 9.29. The second-order valence-corrected chi connectivity index (χ2v) is 4.73. The molecule has 0 saturated carbocycles. The molecule has 2 heterocycles. The summed E-state index contributed by atoms with van der Waals surface area (Å²) in [6, 6.07) is 1.94. The number of nitrogens with one attached hydrogen (secondary N) is 1. The summed E-state index contributed by atoms with van der Waals surface area (Å²) in [6.45, 7) is 1.73. The Kier molecular flexibility index (Phi) is 5.09. The number of aliphatic hydroxyl groups is 1. The zero-order valence-corrected chi connectivity index (χ0v) is 11.0. The van der Waals surface area contributed by atoms with E-state index >= 15 is 0 Å². The Morgan fingerprint density at radius 3 is 3.00 bits per heavy atom. The quantitative estimate of drug-likeness (QED) is 0.801. The number of anilines is 1. The molecule has 0 radical (unpaired) electrons. The van der Waals surface area contributed by atoms with Crippen LogP contribution in [0.5, 0.6) is 0 Å². The molecule has 0 aromatic carbocycles. The van der Waals surface area contributed by atoms with Crippen molar-refractivity contribution in [2.24, 2.45) is 0 Å².